The van der Waals surface area contributed by atoms with Crippen LogP contribution in [0, 0.1) is 0 Å². The minimum absolute atomic E-state index is 0.0667. The van der Waals surface area contributed by atoms with Crippen LogP contribution in [0.1, 0.15) is 5.56 Å². The minimum atomic E-state index is -4.44. The summed E-state index contributed by atoms with van der Waals surface area (Å²) in [4.78, 5) is 0. The van der Waals surface area contributed by atoms with Gasteiger partial charge in [0.1, 0.15) is 5.75 Å². The van der Waals surface area contributed by atoms with Crippen molar-refractivity contribution in [1.29, 1.82) is 0 Å². The van der Waals surface area contributed by atoms with Gasteiger partial charge in [0, 0.05) is 0 Å². The van der Waals surface area contributed by atoms with Crippen LogP contribution in [-0.4, -0.2) is 5.11 Å². The Labute approximate surface area is 66.4 Å². The maximum absolute atomic E-state index is 11.9. The molecular weight excluding hydrogens is 171 g/mol. The number of rotatable bonds is 0. The van der Waals surface area contributed by atoms with Crippen molar-refractivity contribution in [2.45, 2.75) is 6.18 Å². The highest BCUT2D eigenvalue weighted by Gasteiger charge is 2.30. The Bertz CT molecular complexity index is 295. The summed E-state index contributed by atoms with van der Waals surface area (Å²) in [7, 11) is 0. The third-order valence-corrected chi connectivity index (χ3v) is 1.36. The third kappa shape index (κ3) is 1.61. The van der Waals surface area contributed by atoms with E-state index in [1.165, 1.54) is 0 Å². The lowest BCUT2D eigenvalue weighted by Crippen LogP contribution is -2.04. The number of hydrogen-bond donors (Lipinski definition) is 2. The fourth-order valence-corrected chi connectivity index (χ4v) is 0.720. The van der Waals surface area contributed by atoms with Crippen molar-refractivity contribution >= 4 is 5.69 Å². The van der Waals surface area contributed by atoms with E-state index in [0.717, 1.165) is 12.1 Å². The molecule has 0 spiro atoms. The van der Waals surface area contributed by atoms with E-state index in [0.29, 0.717) is 6.07 Å². The van der Waals surface area contributed by atoms with Gasteiger partial charge >= 0.3 is 6.18 Å². The lowest BCUT2D eigenvalue weighted by Gasteiger charge is -2.07. The Morgan fingerprint density at radius 1 is 1.25 bits per heavy atom. The number of nitrogens with two attached hydrogens (primary N) is 1. The molecule has 0 fully saturated rings. The van der Waals surface area contributed by atoms with Crippen LogP contribution in [0.15, 0.2) is 18.2 Å². The zero-order valence-corrected chi connectivity index (χ0v) is 5.89. The first-order chi connectivity index (χ1) is 5.41. The summed E-state index contributed by atoms with van der Waals surface area (Å²) < 4.78 is 35.8. The summed E-state index contributed by atoms with van der Waals surface area (Å²) >= 11 is 0. The average molecular weight is 177 g/mol. The van der Waals surface area contributed by atoms with Gasteiger partial charge in [-0.1, -0.05) is 0 Å². The van der Waals surface area contributed by atoms with Gasteiger partial charge in [-0.15, -0.1) is 0 Å². The SMILES string of the molecule is Nc1ccc(C(F)(F)F)cc1O. The summed E-state index contributed by atoms with van der Waals surface area (Å²) in [6, 6.07) is 2.42. The number of anilines is 1. The van der Waals surface area contributed by atoms with Crippen LogP contribution in [-0.2, 0) is 6.18 Å². The van der Waals surface area contributed by atoms with E-state index in [2.05, 4.69) is 0 Å². The topological polar surface area (TPSA) is 46.2 Å². The van der Waals surface area contributed by atoms with Crippen LogP contribution in [0.3, 0.4) is 0 Å². The van der Waals surface area contributed by atoms with Gasteiger partial charge in [0.2, 0.25) is 0 Å². The first-order valence-corrected chi connectivity index (χ1v) is 3.07. The van der Waals surface area contributed by atoms with Gasteiger partial charge in [-0.2, -0.15) is 13.2 Å². The van der Waals surface area contributed by atoms with E-state index in [-0.39, 0.29) is 5.69 Å². The van der Waals surface area contributed by atoms with E-state index < -0.39 is 17.5 Å². The van der Waals surface area contributed by atoms with Crippen molar-refractivity contribution < 1.29 is 18.3 Å². The smallest absolute Gasteiger partial charge is 0.416 e. The minimum Gasteiger partial charge on any atom is -0.506 e. The summed E-state index contributed by atoms with van der Waals surface area (Å²) in [5.41, 5.74) is 4.14. The number of alkyl halides is 3. The molecule has 0 amide bonds. The molecule has 66 valence electrons. The van der Waals surface area contributed by atoms with Crippen LogP contribution in [0.5, 0.6) is 5.75 Å². The Hall–Kier alpha value is -1.39. The molecule has 0 bridgehead atoms. The largest absolute Gasteiger partial charge is 0.506 e. The first-order valence-electron chi connectivity index (χ1n) is 3.07. The molecule has 0 aliphatic heterocycles. The highest BCUT2D eigenvalue weighted by molar-refractivity contribution is 5.53. The molecule has 1 aromatic rings. The molecule has 1 rings (SSSR count). The molecule has 2 nitrogen and oxygen atoms in total. The maximum atomic E-state index is 11.9. The first kappa shape index (κ1) is 8.70. The van der Waals surface area contributed by atoms with E-state index in [1.54, 1.807) is 0 Å². The number of aromatic hydroxyl groups is 1. The lowest BCUT2D eigenvalue weighted by molar-refractivity contribution is -0.137. The summed E-state index contributed by atoms with van der Waals surface area (Å²) in [6.45, 7) is 0. The monoisotopic (exact) mass is 177 g/mol. The van der Waals surface area contributed by atoms with Gasteiger partial charge in [-0.25, -0.2) is 0 Å². The van der Waals surface area contributed by atoms with Crippen molar-refractivity contribution in [2.24, 2.45) is 0 Å². The fourth-order valence-electron chi connectivity index (χ4n) is 0.720. The van der Waals surface area contributed by atoms with Gasteiger partial charge in [-0.05, 0) is 18.2 Å². The van der Waals surface area contributed by atoms with Gasteiger partial charge in [0.15, 0.2) is 0 Å². The normalized spacial score (nSPS) is 11.6. The van der Waals surface area contributed by atoms with Crippen molar-refractivity contribution in [2.75, 3.05) is 5.73 Å². The molecule has 0 aliphatic carbocycles. The third-order valence-electron chi connectivity index (χ3n) is 1.36. The van der Waals surface area contributed by atoms with Gasteiger partial charge in [0.25, 0.3) is 0 Å². The molecule has 3 N–H and O–H groups in total. The molecule has 0 aromatic heterocycles. The second-order valence-corrected chi connectivity index (χ2v) is 2.27. The molecular formula is C7H6F3NO. The summed E-state index contributed by atoms with van der Waals surface area (Å²) in [5.74, 6) is -0.551. The van der Waals surface area contributed by atoms with Crippen molar-refractivity contribution in [3.63, 3.8) is 0 Å². The zero-order valence-electron chi connectivity index (χ0n) is 5.89. The van der Waals surface area contributed by atoms with E-state index in [9.17, 15) is 13.2 Å². The molecule has 0 aliphatic rings. The van der Waals surface area contributed by atoms with Crippen molar-refractivity contribution in [1.82, 2.24) is 0 Å². The molecule has 0 saturated heterocycles. The fraction of sp³-hybridized carbons (Fsp3) is 0.143. The number of phenols is 1. The Morgan fingerprint density at radius 2 is 1.83 bits per heavy atom. The number of hydrogen-bond acceptors (Lipinski definition) is 2. The number of nitrogen functional groups attached to an aromatic ring is 1. The highest BCUT2D eigenvalue weighted by atomic mass is 19.4. The van der Waals surface area contributed by atoms with E-state index in [4.69, 9.17) is 10.8 Å². The van der Waals surface area contributed by atoms with Crippen LogP contribution in [0.25, 0.3) is 0 Å². The average Bonchev–Trinajstić information content (AvgIpc) is 1.92. The lowest BCUT2D eigenvalue weighted by atomic mass is 10.2. The number of phenolic OH excluding ortho intramolecular Hbond substituents is 1. The molecule has 5 heteroatoms. The number of halogens is 3. The standard InChI is InChI=1S/C7H6F3NO/c8-7(9,10)4-1-2-5(11)6(12)3-4/h1-3,12H,11H2. The van der Waals surface area contributed by atoms with Crippen LogP contribution < -0.4 is 5.73 Å². The molecule has 0 unspecified atom stereocenters. The second kappa shape index (κ2) is 2.58. The van der Waals surface area contributed by atoms with Gasteiger partial charge in [-0.3, -0.25) is 0 Å². The Balaban J connectivity index is 3.14. The van der Waals surface area contributed by atoms with Gasteiger partial charge in [0.05, 0.1) is 11.3 Å². The Morgan fingerprint density at radius 3 is 2.25 bits per heavy atom. The molecule has 0 atom stereocenters. The molecule has 12 heavy (non-hydrogen) atoms. The second-order valence-electron chi connectivity index (χ2n) is 2.27. The summed E-state index contributed by atoms with van der Waals surface area (Å²) in [6.07, 6.45) is -4.44. The van der Waals surface area contributed by atoms with Gasteiger partial charge < -0.3 is 10.8 Å². The predicted molar refractivity (Wildman–Crippen MR) is 37.5 cm³/mol. The van der Waals surface area contributed by atoms with E-state index in [1.807, 2.05) is 0 Å². The molecule has 1 aromatic carbocycles. The molecule has 0 heterocycles. The van der Waals surface area contributed by atoms with Crippen LogP contribution in [0.2, 0.25) is 0 Å². The zero-order chi connectivity index (χ0) is 9.35. The maximum Gasteiger partial charge on any atom is 0.416 e. The number of benzene rings is 1. The van der Waals surface area contributed by atoms with Crippen molar-refractivity contribution in [3.8, 4) is 5.75 Å². The molecule has 0 radical (unpaired) electrons. The quantitative estimate of drug-likeness (QED) is 0.470. The van der Waals surface area contributed by atoms with Crippen molar-refractivity contribution in [3.05, 3.63) is 23.8 Å². The highest BCUT2D eigenvalue weighted by Crippen LogP contribution is 2.33. The summed E-state index contributed by atoms with van der Waals surface area (Å²) in [5, 5.41) is 8.84. The Kier molecular flexibility index (Phi) is 1.87. The molecule has 0 saturated carbocycles. The van der Waals surface area contributed by atoms with Crippen LogP contribution in [0.4, 0.5) is 18.9 Å². The van der Waals surface area contributed by atoms with E-state index >= 15 is 0 Å². The predicted octanol–water partition coefficient (Wildman–Crippen LogP) is 1.99. The van der Waals surface area contributed by atoms with Crippen LogP contribution >= 0.6 is 0 Å².